The Labute approximate surface area is 124 Å². The Morgan fingerprint density at radius 1 is 1.38 bits per heavy atom. The van der Waals surface area contributed by atoms with E-state index in [-0.39, 0.29) is 18.4 Å². The lowest BCUT2D eigenvalue weighted by Crippen LogP contribution is -2.50. The molecule has 0 aliphatic carbocycles. The number of nitrogens with one attached hydrogen (secondary N) is 1. The van der Waals surface area contributed by atoms with Crippen LogP contribution in [0.15, 0.2) is 0 Å². The number of rotatable bonds is 6. The number of carbonyl (C=O) groups excluding carboxylic acids is 2. The molecule has 1 aliphatic heterocycles. The van der Waals surface area contributed by atoms with Crippen molar-refractivity contribution in [2.75, 3.05) is 13.7 Å². The van der Waals surface area contributed by atoms with Gasteiger partial charge in [0.25, 0.3) is 0 Å². The van der Waals surface area contributed by atoms with Crippen molar-refractivity contribution in [2.24, 2.45) is 5.92 Å². The van der Waals surface area contributed by atoms with Gasteiger partial charge < -0.3 is 20.1 Å². The lowest BCUT2D eigenvalue weighted by atomic mass is 10.0. The normalized spacial score (nSPS) is 19.4. The molecule has 0 aromatic heterocycles. The molecular weight excluding hydrogens is 276 g/mol. The molecule has 2 atom stereocenters. The van der Waals surface area contributed by atoms with Crippen LogP contribution in [0.4, 0.5) is 4.79 Å². The van der Waals surface area contributed by atoms with Crippen molar-refractivity contribution in [1.82, 2.24) is 10.2 Å². The van der Waals surface area contributed by atoms with Gasteiger partial charge in [-0.2, -0.15) is 0 Å². The van der Waals surface area contributed by atoms with Gasteiger partial charge in [0, 0.05) is 12.6 Å². The number of ether oxygens (including phenoxy) is 1. The molecule has 7 heteroatoms. The summed E-state index contributed by atoms with van der Waals surface area (Å²) in [5, 5.41) is 11.5. The van der Waals surface area contributed by atoms with Crippen LogP contribution >= 0.6 is 0 Å². The van der Waals surface area contributed by atoms with E-state index in [9.17, 15) is 14.4 Å². The van der Waals surface area contributed by atoms with Gasteiger partial charge in [-0.25, -0.2) is 9.59 Å². The second-order valence-electron chi connectivity index (χ2n) is 5.74. The molecule has 0 saturated carbocycles. The third kappa shape index (κ3) is 5.24. The molecule has 0 radical (unpaired) electrons. The molecule has 1 rings (SSSR count). The van der Waals surface area contributed by atoms with Crippen LogP contribution in [0, 0.1) is 5.92 Å². The molecule has 1 aliphatic rings. The number of carbonyl (C=O) groups is 3. The standard InChI is InChI=1S/C14H24N2O5/c1-9(2)7-11(13(19)21-3)15-14(20)16-6-4-5-10(16)8-12(17)18/h9-11H,4-8H2,1-3H3,(H,15,20)(H,17,18). The average Bonchev–Trinajstić information content (AvgIpc) is 2.83. The summed E-state index contributed by atoms with van der Waals surface area (Å²) < 4.78 is 4.70. The maximum Gasteiger partial charge on any atom is 0.328 e. The summed E-state index contributed by atoms with van der Waals surface area (Å²) >= 11 is 0. The Morgan fingerprint density at radius 2 is 2.05 bits per heavy atom. The molecule has 2 amide bonds. The minimum atomic E-state index is -0.925. The van der Waals surface area contributed by atoms with E-state index in [1.54, 1.807) is 0 Å². The van der Waals surface area contributed by atoms with Crippen molar-refractivity contribution < 1.29 is 24.2 Å². The molecular formula is C14H24N2O5. The number of hydrogen-bond acceptors (Lipinski definition) is 4. The summed E-state index contributed by atoms with van der Waals surface area (Å²) in [7, 11) is 1.28. The fourth-order valence-corrected chi connectivity index (χ4v) is 2.58. The van der Waals surface area contributed by atoms with Gasteiger partial charge >= 0.3 is 18.0 Å². The minimum absolute atomic E-state index is 0.0690. The van der Waals surface area contributed by atoms with Crippen LogP contribution in [0.25, 0.3) is 0 Å². The highest BCUT2D eigenvalue weighted by Crippen LogP contribution is 2.20. The summed E-state index contributed by atoms with van der Waals surface area (Å²) in [6.45, 7) is 4.41. The van der Waals surface area contributed by atoms with Crippen LogP contribution in [0.3, 0.4) is 0 Å². The molecule has 0 bridgehead atoms. The zero-order chi connectivity index (χ0) is 16.0. The van der Waals surface area contributed by atoms with E-state index in [2.05, 4.69) is 5.32 Å². The van der Waals surface area contributed by atoms with E-state index >= 15 is 0 Å². The van der Waals surface area contributed by atoms with Crippen LogP contribution in [0.1, 0.15) is 39.5 Å². The van der Waals surface area contributed by atoms with Crippen molar-refractivity contribution in [2.45, 2.75) is 51.6 Å². The maximum absolute atomic E-state index is 12.3. The fourth-order valence-electron chi connectivity index (χ4n) is 2.58. The predicted molar refractivity (Wildman–Crippen MR) is 75.8 cm³/mol. The Balaban J connectivity index is 2.67. The largest absolute Gasteiger partial charge is 0.481 e. The monoisotopic (exact) mass is 300 g/mol. The number of aliphatic carboxylic acids is 1. The van der Waals surface area contributed by atoms with Gasteiger partial charge in [-0.3, -0.25) is 4.79 Å². The topological polar surface area (TPSA) is 95.9 Å². The molecule has 1 saturated heterocycles. The van der Waals surface area contributed by atoms with Crippen molar-refractivity contribution in [3.63, 3.8) is 0 Å². The summed E-state index contributed by atoms with van der Waals surface area (Å²) in [5.74, 6) is -1.18. The van der Waals surface area contributed by atoms with Crippen LogP contribution in [0.5, 0.6) is 0 Å². The zero-order valence-corrected chi connectivity index (χ0v) is 12.8. The SMILES string of the molecule is COC(=O)C(CC(C)C)NC(=O)N1CCCC1CC(=O)O. The number of carboxylic acids is 1. The maximum atomic E-state index is 12.3. The van der Waals surface area contributed by atoms with Gasteiger partial charge in [0.05, 0.1) is 13.5 Å². The molecule has 21 heavy (non-hydrogen) atoms. The quantitative estimate of drug-likeness (QED) is 0.719. The van der Waals surface area contributed by atoms with Gasteiger partial charge in [-0.1, -0.05) is 13.8 Å². The lowest BCUT2D eigenvalue weighted by molar-refractivity contribution is -0.143. The zero-order valence-electron chi connectivity index (χ0n) is 12.8. The van der Waals surface area contributed by atoms with Crippen molar-refractivity contribution >= 4 is 18.0 Å². The molecule has 7 nitrogen and oxygen atoms in total. The predicted octanol–water partition coefficient (Wildman–Crippen LogP) is 1.22. The first-order valence-electron chi connectivity index (χ1n) is 7.21. The van der Waals surface area contributed by atoms with E-state index in [4.69, 9.17) is 9.84 Å². The van der Waals surface area contributed by atoms with Gasteiger partial charge in [0.1, 0.15) is 6.04 Å². The Kier molecular flexibility index (Phi) is 6.45. The highest BCUT2D eigenvalue weighted by molar-refractivity contribution is 5.84. The first-order chi connectivity index (χ1) is 9.85. The molecule has 1 fully saturated rings. The first kappa shape index (κ1) is 17.3. The minimum Gasteiger partial charge on any atom is -0.481 e. The second-order valence-corrected chi connectivity index (χ2v) is 5.74. The van der Waals surface area contributed by atoms with E-state index in [0.29, 0.717) is 19.4 Å². The van der Waals surface area contributed by atoms with Crippen LogP contribution in [-0.4, -0.2) is 53.7 Å². The molecule has 0 aromatic rings. The molecule has 120 valence electrons. The number of carboxylic acid groups (broad SMARTS) is 1. The van der Waals surface area contributed by atoms with Gasteiger partial charge in [-0.05, 0) is 25.2 Å². The van der Waals surface area contributed by atoms with Crippen molar-refractivity contribution in [1.29, 1.82) is 0 Å². The number of likely N-dealkylation sites (tertiary alicyclic amines) is 1. The summed E-state index contributed by atoms with van der Waals surface area (Å²) in [6.07, 6.45) is 1.86. The average molecular weight is 300 g/mol. The number of nitrogens with zero attached hydrogens (tertiary/aromatic N) is 1. The summed E-state index contributed by atoms with van der Waals surface area (Å²) in [4.78, 5) is 36.3. The van der Waals surface area contributed by atoms with E-state index in [1.807, 2.05) is 13.8 Å². The van der Waals surface area contributed by atoms with Crippen LogP contribution in [0.2, 0.25) is 0 Å². The third-order valence-electron chi connectivity index (χ3n) is 3.54. The Bertz CT molecular complexity index is 397. The summed E-state index contributed by atoms with van der Waals surface area (Å²) in [5.41, 5.74) is 0. The van der Waals surface area contributed by atoms with Gasteiger partial charge in [0.15, 0.2) is 0 Å². The molecule has 2 N–H and O–H groups in total. The number of urea groups is 1. The number of esters is 1. The molecule has 0 aromatic carbocycles. The lowest BCUT2D eigenvalue weighted by Gasteiger charge is -2.26. The Morgan fingerprint density at radius 3 is 2.57 bits per heavy atom. The number of hydrogen-bond donors (Lipinski definition) is 2. The van der Waals surface area contributed by atoms with Crippen molar-refractivity contribution in [3.8, 4) is 0 Å². The van der Waals surface area contributed by atoms with E-state index in [0.717, 1.165) is 6.42 Å². The van der Waals surface area contributed by atoms with Gasteiger partial charge in [0.2, 0.25) is 0 Å². The smallest absolute Gasteiger partial charge is 0.328 e. The first-order valence-corrected chi connectivity index (χ1v) is 7.21. The fraction of sp³-hybridized carbons (Fsp3) is 0.786. The highest BCUT2D eigenvalue weighted by Gasteiger charge is 2.32. The van der Waals surface area contributed by atoms with E-state index in [1.165, 1.54) is 12.0 Å². The summed E-state index contributed by atoms with van der Waals surface area (Å²) in [6, 6.07) is -1.40. The van der Waals surface area contributed by atoms with Crippen LogP contribution < -0.4 is 5.32 Å². The molecule has 0 spiro atoms. The van der Waals surface area contributed by atoms with Gasteiger partial charge in [-0.15, -0.1) is 0 Å². The molecule has 2 unspecified atom stereocenters. The third-order valence-corrected chi connectivity index (χ3v) is 3.54. The number of amides is 2. The molecule has 1 heterocycles. The highest BCUT2D eigenvalue weighted by atomic mass is 16.5. The van der Waals surface area contributed by atoms with Crippen LogP contribution in [-0.2, 0) is 14.3 Å². The van der Waals surface area contributed by atoms with Crippen molar-refractivity contribution in [3.05, 3.63) is 0 Å². The Hall–Kier alpha value is -1.79. The number of methoxy groups -OCH3 is 1. The van der Waals surface area contributed by atoms with E-state index < -0.39 is 24.0 Å². The second kappa shape index (κ2) is 7.85.